The van der Waals surface area contributed by atoms with Crippen molar-refractivity contribution in [2.75, 3.05) is 0 Å². The predicted molar refractivity (Wildman–Crippen MR) is 62.6 cm³/mol. The molecule has 4 heteroatoms. The molecule has 0 radical (unpaired) electrons. The maximum absolute atomic E-state index is 5.99. The molecule has 0 unspecified atom stereocenters. The molecule has 0 atom stereocenters. The van der Waals surface area contributed by atoms with Crippen LogP contribution in [0, 0.1) is 5.92 Å². The Morgan fingerprint density at radius 1 is 1.33 bits per heavy atom. The summed E-state index contributed by atoms with van der Waals surface area (Å²) in [7, 11) is 0. The van der Waals surface area contributed by atoms with Crippen LogP contribution in [0.5, 0.6) is 0 Å². The molecule has 0 bridgehead atoms. The Morgan fingerprint density at radius 3 is 2.73 bits per heavy atom. The van der Waals surface area contributed by atoms with Crippen molar-refractivity contribution in [3.63, 3.8) is 0 Å². The van der Waals surface area contributed by atoms with E-state index in [4.69, 9.17) is 27.6 Å². The summed E-state index contributed by atoms with van der Waals surface area (Å²) < 4.78 is 5.56. The van der Waals surface area contributed by atoms with E-state index in [1.807, 2.05) is 0 Å². The van der Waals surface area contributed by atoms with Crippen molar-refractivity contribution in [3.8, 4) is 0 Å². The Bertz CT molecular complexity index is 491. The number of nitrogens with zero attached hydrogens (tertiary/aromatic N) is 1. The topological polar surface area (TPSA) is 26.0 Å². The molecule has 0 amide bonds. The molecule has 0 aliphatic carbocycles. The molecular formula is C11H11Cl2NO. The van der Waals surface area contributed by atoms with Gasteiger partial charge in [-0.15, -0.1) is 0 Å². The number of aromatic nitrogens is 1. The van der Waals surface area contributed by atoms with Gasteiger partial charge in [0.05, 0.1) is 5.02 Å². The summed E-state index contributed by atoms with van der Waals surface area (Å²) >= 11 is 11.9. The first-order valence-electron chi connectivity index (χ1n) is 4.80. The van der Waals surface area contributed by atoms with Gasteiger partial charge in [0, 0.05) is 11.4 Å². The number of halogens is 2. The van der Waals surface area contributed by atoms with Crippen LogP contribution >= 0.6 is 23.2 Å². The molecule has 1 heterocycles. The van der Waals surface area contributed by atoms with E-state index in [0.717, 1.165) is 11.9 Å². The van der Waals surface area contributed by atoms with E-state index in [0.29, 0.717) is 27.4 Å². The van der Waals surface area contributed by atoms with Crippen LogP contribution in [0.25, 0.3) is 11.1 Å². The monoisotopic (exact) mass is 243 g/mol. The number of hydrogen-bond donors (Lipinski definition) is 0. The van der Waals surface area contributed by atoms with Crippen molar-refractivity contribution in [1.82, 2.24) is 4.98 Å². The molecule has 2 rings (SSSR count). The summed E-state index contributed by atoms with van der Waals surface area (Å²) in [5.41, 5.74) is 1.35. The van der Waals surface area contributed by atoms with Gasteiger partial charge in [-0.25, -0.2) is 4.98 Å². The normalized spacial score (nSPS) is 11.5. The minimum absolute atomic E-state index is 0.507. The smallest absolute Gasteiger partial charge is 0.195 e. The van der Waals surface area contributed by atoms with Crippen molar-refractivity contribution in [1.29, 1.82) is 0 Å². The predicted octanol–water partition coefficient (Wildman–Crippen LogP) is 4.33. The molecule has 0 aliphatic heterocycles. The Hall–Kier alpha value is -0.730. The van der Waals surface area contributed by atoms with Crippen LogP contribution in [0.2, 0.25) is 10.0 Å². The molecule has 15 heavy (non-hydrogen) atoms. The first kappa shape index (κ1) is 10.8. The fraction of sp³-hybridized carbons (Fsp3) is 0.364. The number of fused-ring (bicyclic) bond motifs is 1. The van der Waals surface area contributed by atoms with Gasteiger partial charge in [0.1, 0.15) is 5.52 Å². The second-order valence-corrected chi connectivity index (χ2v) is 4.79. The van der Waals surface area contributed by atoms with Gasteiger partial charge < -0.3 is 4.42 Å². The summed E-state index contributed by atoms with van der Waals surface area (Å²) in [6, 6.07) is 3.42. The quantitative estimate of drug-likeness (QED) is 0.785. The average Bonchev–Trinajstić information content (AvgIpc) is 2.45. The lowest BCUT2D eigenvalue weighted by Crippen LogP contribution is -1.93. The van der Waals surface area contributed by atoms with Crippen LogP contribution in [0.1, 0.15) is 19.7 Å². The highest BCUT2D eigenvalue weighted by Gasteiger charge is 2.11. The lowest BCUT2D eigenvalue weighted by molar-refractivity contribution is 0.482. The van der Waals surface area contributed by atoms with E-state index >= 15 is 0 Å². The van der Waals surface area contributed by atoms with E-state index in [-0.39, 0.29) is 0 Å². The molecule has 0 spiro atoms. The van der Waals surface area contributed by atoms with Crippen LogP contribution in [-0.2, 0) is 6.42 Å². The molecule has 0 N–H and O–H groups in total. The van der Waals surface area contributed by atoms with Crippen LogP contribution in [-0.4, -0.2) is 4.98 Å². The SMILES string of the molecule is CC(C)Cc1nc2cc(Cl)cc(Cl)c2o1. The highest BCUT2D eigenvalue weighted by atomic mass is 35.5. The van der Waals surface area contributed by atoms with Crippen molar-refractivity contribution < 1.29 is 4.42 Å². The van der Waals surface area contributed by atoms with Crippen molar-refractivity contribution in [2.24, 2.45) is 5.92 Å². The standard InChI is InChI=1S/C11H11Cl2NO/c1-6(2)3-10-14-9-5-7(12)4-8(13)11(9)15-10/h4-6H,3H2,1-2H3. The summed E-state index contributed by atoms with van der Waals surface area (Å²) in [5, 5.41) is 1.09. The van der Waals surface area contributed by atoms with Gasteiger partial charge in [-0.2, -0.15) is 0 Å². The van der Waals surface area contributed by atoms with Crippen molar-refractivity contribution in [2.45, 2.75) is 20.3 Å². The molecule has 1 aromatic heterocycles. The minimum atomic E-state index is 0.507. The van der Waals surface area contributed by atoms with E-state index in [9.17, 15) is 0 Å². The number of benzene rings is 1. The van der Waals surface area contributed by atoms with Gasteiger partial charge in [0.25, 0.3) is 0 Å². The third kappa shape index (κ3) is 2.27. The molecular weight excluding hydrogens is 233 g/mol. The molecule has 80 valence electrons. The maximum atomic E-state index is 5.99. The Kier molecular flexibility index (Phi) is 2.89. The largest absolute Gasteiger partial charge is 0.439 e. The Balaban J connectivity index is 2.50. The van der Waals surface area contributed by atoms with Gasteiger partial charge in [-0.3, -0.25) is 0 Å². The van der Waals surface area contributed by atoms with Crippen LogP contribution in [0.3, 0.4) is 0 Å². The second-order valence-electron chi connectivity index (χ2n) is 3.94. The first-order chi connectivity index (χ1) is 7.06. The fourth-order valence-corrected chi connectivity index (χ4v) is 1.96. The van der Waals surface area contributed by atoms with E-state index < -0.39 is 0 Å². The second kappa shape index (κ2) is 4.03. The highest BCUT2D eigenvalue weighted by molar-refractivity contribution is 6.37. The summed E-state index contributed by atoms with van der Waals surface area (Å²) in [4.78, 5) is 4.34. The van der Waals surface area contributed by atoms with Gasteiger partial charge in [0.2, 0.25) is 0 Å². The van der Waals surface area contributed by atoms with Crippen LogP contribution in [0.4, 0.5) is 0 Å². The van der Waals surface area contributed by atoms with E-state index in [1.54, 1.807) is 12.1 Å². The van der Waals surface area contributed by atoms with Gasteiger partial charge in [-0.1, -0.05) is 37.0 Å². The van der Waals surface area contributed by atoms with Gasteiger partial charge in [0.15, 0.2) is 11.5 Å². The number of hydrogen-bond acceptors (Lipinski definition) is 2. The highest BCUT2D eigenvalue weighted by Crippen LogP contribution is 2.28. The van der Waals surface area contributed by atoms with Crippen molar-refractivity contribution in [3.05, 3.63) is 28.1 Å². The Morgan fingerprint density at radius 2 is 2.07 bits per heavy atom. The lowest BCUT2D eigenvalue weighted by atomic mass is 10.1. The third-order valence-electron chi connectivity index (χ3n) is 2.04. The summed E-state index contributed by atoms with van der Waals surface area (Å²) in [5.74, 6) is 1.22. The zero-order valence-corrected chi connectivity index (χ0v) is 10.1. The van der Waals surface area contributed by atoms with Gasteiger partial charge >= 0.3 is 0 Å². The molecule has 2 nitrogen and oxygen atoms in total. The molecule has 0 aliphatic rings. The average molecular weight is 244 g/mol. The third-order valence-corrected chi connectivity index (χ3v) is 2.54. The molecule has 2 aromatic rings. The number of rotatable bonds is 2. The summed E-state index contributed by atoms with van der Waals surface area (Å²) in [6.45, 7) is 4.23. The zero-order valence-electron chi connectivity index (χ0n) is 8.55. The number of oxazole rings is 1. The molecule has 1 aromatic carbocycles. The molecule has 0 fully saturated rings. The van der Waals surface area contributed by atoms with Crippen LogP contribution in [0.15, 0.2) is 16.5 Å². The van der Waals surface area contributed by atoms with Gasteiger partial charge in [-0.05, 0) is 18.1 Å². The van der Waals surface area contributed by atoms with Crippen molar-refractivity contribution >= 4 is 34.3 Å². The lowest BCUT2D eigenvalue weighted by Gasteiger charge is -1.97. The first-order valence-corrected chi connectivity index (χ1v) is 5.56. The minimum Gasteiger partial charge on any atom is -0.439 e. The maximum Gasteiger partial charge on any atom is 0.195 e. The van der Waals surface area contributed by atoms with E-state index in [2.05, 4.69) is 18.8 Å². The summed E-state index contributed by atoms with van der Waals surface area (Å²) in [6.07, 6.45) is 0.808. The van der Waals surface area contributed by atoms with Crippen LogP contribution < -0.4 is 0 Å². The molecule has 0 saturated heterocycles. The van der Waals surface area contributed by atoms with E-state index in [1.165, 1.54) is 0 Å². The molecule has 0 saturated carbocycles. The zero-order chi connectivity index (χ0) is 11.0. The Labute approximate surface area is 98.2 Å². The fourth-order valence-electron chi connectivity index (χ4n) is 1.44.